The van der Waals surface area contributed by atoms with Gasteiger partial charge in [0.15, 0.2) is 0 Å². The second-order valence-electron chi connectivity index (χ2n) is 3.96. The molecule has 0 radical (unpaired) electrons. The summed E-state index contributed by atoms with van der Waals surface area (Å²) in [7, 11) is 0. The summed E-state index contributed by atoms with van der Waals surface area (Å²) >= 11 is 0. The van der Waals surface area contributed by atoms with E-state index in [2.05, 4.69) is 22.7 Å². The minimum absolute atomic E-state index is 0. The van der Waals surface area contributed by atoms with E-state index in [1.807, 2.05) is 6.08 Å². The van der Waals surface area contributed by atoms with Crippen LogP contribution in [-0.2, 0) is 19.5 Å². The second-order valence-corrected chi connectivity index (χ2v) is 3.96. The van der Waals surface area contributed by atoms with Crippen molar-refractivity contribution < 1.29 is 49.1 Å². The standard InChI is InChI=1S/C11H15N3.2ClH.Zn/c1-9-8-10(13-12)4-5-11(9)14-6-2-3-7-14;;;/h4-5H,2-3,6-8H2,1H3;2*1H;/q;;;+2/p-2. The number of halogens is 2. The molecule has 3 nitrogen and oxygen atoms in total. The topological polar surface area (TPSA) is 39.6 Å². The summed E-state index contributed by atoms with van der Waals surface area (Å²) in [5, 5.41) is 0. The Kier molecular flexibility index (Phi) is 10.0. The van der Waals surface area contributed by atoms with Crippen LogP contribution in [0, 0.1) is 0 Å². The van der Waals surface area contributed by atoms with Crippen molar-refractivity contribution in [1.82, 2.24) is 4.90 Å². The third kappa shape index (κ3) is 4.56. The smallest absolute Gasteiger partial charge is 1.00 e. The van der Waals surface area contributed by atoms with E-state index in [0.717, 1.165) is 12.1 Å². The number of allylic oxidation sites excluding steroid dienone is 3. The molecule has 2 rings (SSSR count). The molecular formula is C11H15Cl2N3Zn. The summed E-state index contributed by atoms with van der Waals surface area (Å²) in [5.74, 6) is 0. The van der Waals surface area contributed by atoms with Crippen molar-refractivity contribution in [2.24, 2.45) is 0 Å². The average Bonchev–Trinajstić information content (AvgIpc) is 2.70. The molecule has 1 saturated heterocycles. The van der Waals surface area contributed by atoms with Gasteiger partial charge < -0.3 is 35.2 Å². The van der Waals surface area contributed by atoms with E-state index < -0.39 is 0 Å². The van der Waals surface area contributed by atoms with Crippen LogP contribution in [-0.4, -0.2) is 28.5 Å². The predicted octanol–water partition coefficient (Wildman–Crippen LogP) is -4.01. The van der Waals surface area contributed by atoms with Crippen LogP contribution in [0.25, 0.3) is 5.53 Å². The molecule has 0 atom stereocenters. The number of hydrogen-bond acceptors (Lipinski definition) is 1. The third-order valence-corrected chi connectivity index (χ3v) is 2.89. The first-order valence-corrected chi connectivity index (χ1v) is 5.15. The number of hydrogen-bond donors (Lipinski definition) is 0. The first kappa shape index (κ1) is 19.2. The Hall–Kier alpha value is -0.137. The summed E-state index contributed by atoms with van der Waals surface area (Å²) in [5.41, 5.74) is 12.1. The Morgan fingerprint density at radius 3 is 2.24 bits per heavy atom. The summed E-state index contributed by atoms with van der Waals surface area (Å²) in [6, 6.07) is 0. The van der Waals surface area contributed by atoms with Crippen LogP contribution >= 0.6 is 0 Å². The third-order valence-electron chi connectivity index (χ3n) is 2.89. The van der Waals surface area contributed by atoms with Crippen molar-refractivity contribution in [3.63, 3.8) is 0 Å². The summed E-state index contributed by atoms with van der Waals surface area (Å²) in [6.45, 7) is 4.45. The minimum Gasteiger partial charge on any atom is -1.00 e. The monoisotopic (exact) mass is 323 g/mol. The van der Waals surface area contributed by atoms with Gasteiger partial charge >= 0.3 is 19.5 Å². The van der Waals surface area contributed by atoms with Crippen LogP contribution in [0.15, 0.2) is 23.4 Å². The van der Waals surface area contributed by atoms with Crippen molar-refractivity contribution in [2.45, 2.75) is 26.2 Å². The van der Waals surface area contributed by atoms with Gasteiger partial charge in [0.1, 0.15) is 0 Å². The van der Waals surface area contributed by atoms with E-state index in [-0.39, 0.29) is 44.3 Å². The van der Waals surface area contributed by atoms with Crippen molar-refractivity contribution in [2.75, 3.05) is 13.1 Å². The van der Waals surface area contributed by atoms with Crippen molar-refractivity contribution in [3.05, 3.63) is 29.0 Å². The Morgan fingerprint density at radius 1 is 1.18 bits per heavy atom. The molecule has 1 heterocycles. The minimum atomic E-state index is 0. The van der Waals surface area contributed by atoms with Gasteiger partial charge in [0.05, 0.1) is 6.42 Å². The maximum atomic E-state index is 8.66. The van der Waals surface area contributed by atoms with Crippen LogP contribution < -0.4 is 24.8 Å². The molecule has 0 N–H and O–H groups in total. The van der Waals surface area contributed by atoms with Gasteiger partial charge in [0.25, 0.3) is 5.71 Å². The van der Waals surface area contributed by atoms with Crippen LogP contribution in [0.1, 0.15) is 26.2 Å². The molecule has 6 heteroatoms. The summed E-state index contributed by atoms with van der Waals surface area (Å²) < 4.78 is 0. The zero-order valence-electron chi connectivity index (χ0n) is 9.99. The van der Waals surface area contributed by atoms with Crippen LogP contribution in [0.5, 0.6) is 0 Å². The normalized spacial score (nSPS) is 17.9. The first-order valence-electron chi connectivity index (χ1n) is 5.15. The Balaban J connectivity index is 0. The fraction of sp³-hybridized carbons (Fsp3) is 0.545. The maximum Gasteiger partial charge on any atom is 2.00 e. The van der Waals surface area contributed by atoms with Crippen LogP contribution in [0.2, 0.25) is 0 Å². The molecule has 0 amide bonds. The predicted molar refractivity (Wildman–Crippen MR) is 55.9 cm³/mol. The number of rotatable bonds is 1. The molecular weight excluding hydrogens is 310 g/mol. The SMILES string of the molecule is CC1=C(N2CCCC2)C=CC(=[N+]=[N-])C1.[Cl-].[Cl-].[Zn+2]. The quantitative estimate of drug-likeness (QED) is 0.275. The van der Waals surface area contributed by atoms with Gasteiger partial charge in [-0.05, 0) is 31.4 Å². The number of likely N-dealkylation sites (tertiary alicyclic amines) is 1. The summed E-state index contributed by atoms with van der Waals surface area (Å²) in [4.78, 5) is 5.65. The van der Waals surface area contributed by atoms with E-state index >= 15 is 0 Å². The second kappa shape index (κ2) is 8.88. The van der Waals surface area contributed by atoms with E-state index in [1.54, 1.807) is 0 Å². The molecule has 0 aromatic rings. The van der Waals surface area contributed by atoms with Gasteiger partial charge in [0.2, 0.25) is 0 Å². The fourth-order valence-corrected chi connectivity index (χ4v) is 2.14. The molecule has 1 aliphatic heterocycles. The van der Waals surface area contributed by atoms with E-state index in [0.29, 0.717) is 0 Å². The Morgan fingerprint density at radius 2 is 1.76 bits per heavy atom. The molecule has 90 valence electrons. The molecule has 0 bridgehead atoms. The van der Waals surface area contributed by atoms with Crippen LogP contribution in [0.4, 0.5) is 0 Å². The largest absolute Gasteiger partial charge is 2.00 e. The zero-order chi connectivity index (χ0) is 9.97. The number of nitrogens with zero attached hydrogens (tertiary/aromatic N) is 3. The van der Waals surface area contributed by atoms with Crippen molar-refractivity contribution in [3.8, 4) is 0 Å². The van der Waals surface area contributed by atoms with Gasteiger partial charge in [-0.3, -0.25) is 0 Å². The van der Waals surface area contributed by atoms with Gasteiger partial charge in [-0.15, -0.1) is 0 Å². The molecule has 0 spiro atoms. The maximum absolute atomic E-state index is 8.66. The van der Waals surface area contributed by atoms with Gasteiger partial charge in [-0.25, -0.2) is 0 Å². The van der Waals surface area contributed by atoms with Gasteiger partial charge in [-0.1, -0.05) is 0 Å². The van der Waals surface area contributed by atoms with Crippen molar-refractivity contribution >= 4 is 5.71 Å². The molecule has 1 aliphatic carbocycles. The molecule has 0 saturated carbocycles. The van der Waals surface area contributed by atoms with Gasteiger partial charge in [-0.2, -0.15) is 4.79 Å². The zero-order valence-corrected chi connectivity index (χ0v) is 14.5. The van der Waals surface area contributed by atoms with E-state index in [4.69, 9.17) is 5.53 Å². The molecule has 0 unspecified atom stereocenters. The molecule has 0 aromatic heterocycles. The average molecular weight is 326 g/mol. The van der Waals surface area contributed by atoms with E-state index in [1.165, 1.54) is 37.2 Å². The first-order chi connectivity index (χ1) is 6.81. The Labute approximate surface area is 128 Å². The van der Waals surface area contributed by atoms with Crippen molar-refractivity contribution in [1.29, 1.82) is 0 Å². The van der Waals surface area contributed by atoms with E-state index in [9.17, 15) is 0 Å². The Bertz CT molecular complexity index is 354. The molecule has 17 heavy (non-hydrogen) atoms. The molecule has 0 aromatic carbocycles. The fourth-order valence-electron chi connectivity index (χ4n) is 2.14. The molecule has 1 fully saturated rings. The van der Waals surface area contributed by atoms with Crippen LogP contribution in [0.3, 0.4) is 0 Å². The van der Waals surface area contributed by atoms with Gasteiger partial charge in [0, 0.05) is 24.9 Å². The molecule has 2 aliphatic rings. The summed E-state index contributed by atoms with van der Waals surface area (Å²) in [6.07, 6.45) is 7.34.